The first-order valence-electron chi connectivity index (χ1n) is 9.87. The molecular weight excluding hydrogens is 414 g/mol. The highest BCUT2D eigenvalue weighted by Gasteiger charge is 2.32. The summed E-state index contributed by atoms with van der Waals surface area (Å²) in [6, 6.07) is 14.7. The molecule has 1 N–H and O–H groups in total. The number of ether oxygens (including phenoxy) is 1. The molecule has 1 aromatic heterocycles. The van der Waals surface area contributed by atoms with Gasteiger partial charge in [0.05, 0.1) is 17.5 Å². The predicted molar refractivity (Wildman–Crippen MR) is 119 cm³/mol. The van der Waals surface area contributed by atoms with Gasteiger partial charge in [-0.3, -0.25) is 14.5 Å². The molecule has 0 bridgehead atoms. The van der Waals surface area contributed by atoms with Gasteiger partial charge in [-0.2, -0.15) is 0 Å². The van der Waals surface area contributed by atoms with Crippen molar-refractivity contribution in [2.24, 2.45) is 7.05 Å². The molecule has 0 radical (unpaired) electrons. The highest BCUT2D eigenvalue weighted by atomic mass is 32.2. The Morgan fingerprint density at radius 3 is 2.74 bits per heavy atom. The average Bonchev–Trinajstić information content (AvgIpc) is 3.14. The second-order valence-corrected chi connectivity index (χ2v) is 8.19. The normalized spacial score (nSPS) is 14.0. The summed E-state index contributed by atoms with van der Waals surface area (Å²) >= 11 is 1.30. The van der Waals surface area contributed by atoms with Crippen LogP contribution in [-0.2, 0) is 16.6 Å². The van der Waals surface area contributed by atoms with E-state index in [0.29, 0.717) is 22.4 Å². The fourth-order valence-electron chi connectivity index (χ4n) is 3.51. The lowest BCUT2D eigenvalue weighted by Crippen LogP contribution is -2.41. The van der Waals surface area contributed by atoms with Gasteiger partial charge in [0.2, 0.25) is 5.91 Å². The van der Waals surface area contributed by atoms with Gasteiger partial charge in [-0.05, 0) is 37.6 Å². The SMILES string of the molecule is Cc1ccccc1NC(=O)CSc1nnc([C@@H](C)N2C(=O)COc3ccccc32)n1C. The van der Waals surface area contributed by atoms with Crippen LogP contribution in [0.4, 0.5) is 11.4 Å². The van der Waals surface area contributed by atoms with E-state index in [-0.39, 0.29) is 30.2 Å². The number of thioether (sulfide) groups is 1. The van der Waals surface area contributed by atoms with Crippen LogP contribution in [0, 0.1) is 6.92 Å². The van der Waals surface area contributed by atoms with Crippen LogP contribution < -0.4 is 15.0 Å². The lowest BCUT2D eigenvalue weighted by molar-refractivity contribution is -0.121. The minimum atomic E-state index is -0.342. The van der Waals surface area contributed by atoms with Crippen molar-refractivity contribution < 1.29 is 14.3 Å². The van der Waals surface area contributed by atoms with Crippen LogP contribution in [0.25, 0.3) is 0 Å². The highest BCUT2D eigenvalue weighted by Crippen LogP contribution is 2.37. The van der Waals surface area contributed by atoms with E-state index in [4.69, 9.17) is 4.74 Å². The summed E-state index contributed by atoms with van der Waals surface area (Å²) in [5.74, 6) is 1.24. The van der Waals surface area contributed by atoms with Crippen molar-refractivity contribution in [3.05, 3.63) is 59.9 Å². The third-order valence-corrected chi connectivity index (χ3v) is 6.15. The van der Waals surface area contributed by atoms with Crippen molar-refractivity contribution in [2.75, 3.05) is 22.6 Å². The number of para-hydroxylation sites is 3. The van der Waals surface area contributed by atoms with Crippen molar-refractivity contribution in [3.8, 4) is 5.75 Å². The summed E-state index contributed by atoms with van der Waals surface area (Å²) in [5, 5.41) is 12.1. The van der Waals surface area contributed by atoms with Crippen molar-refractivity contribution in [3.63, 3.8) is 0 Å². The number of carbonyl (C=O) groups excluding carboxylic acids is 2. The molecule has 31 heavy (non-hydrogen) atoms. The monoisotopic (exact) mass is 437 g/mol. The largest absolute Gasteiger partial charge is 0.482 e. The number of nitrogens with one attached hydrogen (secondary N) is 1. The van der Waals surface area contributed by atoms with Crippen LogP contribution >= 0.6 is 11.8 Å². The lowest BCUT2D eigenvalue weighted by Gasteiger charge is -2.33. The summed E-state index contributed by atoms with van der Waals surface area (Å²) in [6.07, 6.45) is 0. The van der Waals surface area contributed by atoms with Crippen LogP contribution in [0.5, 0.6) is 5.75 Å². The fraction of sp³-hybridized carbons (Fsp3) is 0.273. The second-order valence-electron chi connectivity index (χ2n) is 7.25. The maximum absolute atomic E-state index is 12.6. The second kappa shape index (κ2) is 8.81. The third-order valence-electron chi connectivity index (χ3n) is 5.13. The molecule has 1 aliphatic heterocycles. The summed E-state index contributed by atoms with van der Waals surface area (Å²) in [5.41, 5.74) is 2.51. The Labute approximate surface area is 184 Å². The molecule has 0 fully saturated rings. The van der Waals surface area contributed by atoms with Gasteiger partial charge in [0.25, 0.3) is 5.91 Å². The van der Waals surface area contributed by atoms with Crippen LogP contribution in [0.3, 0.4) is 0 Å². The Bertz CT molecular complexity index is 1130. The molecule has 1 atom stereocenters. The Morgan fingerprint density at radius 2 is 1.94 bits per heavy atom. The van der Waals surface area contributed by atoms with Crippen LogP contribution in [0.1, 0.15) is 24.4 Å². The summed E-state index contributed by atoms with van der Waals surface area (Å²) in [7, 11) is 1.84. The average molecular weight is 438 g/mol. The number of amides is 2. The van der Waals surface area contributed by atoms with E-state index < -0.39 is 0 Å². The predicted octanol–water partition coefficient (Wildman–Crippen LogP) is 3.34. The number of anilines is 2. The van der Waals surface area contributed by atoms with E-state index in [1.807, 2.05) is 74.0 Å². The van der Waals surface area contributed by atoms with E-state index in [1.54, 1.807) is 4.90 Å². The first-order chi connectivity index (χ1) is 15.0. The third kappa shape index (κ3) is 4.27. The minimum absolute atomic E-state index is 0.0140. The molecule has 1 aliphatic rings. The topological polar surface area (TPSA) is 89.3 Å². The van der Waals surface area contributed by atoms with Gasteiger partial charge in [0.15, 0.2) is 17.6 Å². The number of benzene rings is 2. The molecule has 0 saturated heterocycles. The van der Waals surface area contributed by atoms with Crippen LogP contribution in [0.15, 0.2) is 53.7 Å². The number of aryl methyl sites for hydroxylation is 1. The quantitative estimate of drug-likeness (QED) is 0.595. The highest BCUT2D eigenvalue weighted by molar-refractivity contribution is 7.99. The number of hydrogen-bond acceptors (Lipinski definition) is 6. The Morgan fingerprint density at radius 1 is 1.19 bits per heavy atom. The molecule has 2 heterocycles. The minimum Gasteiger partial charge on any atom is -0.482 e. The lowest BCUT2D eigenvalue weighted by atomic mass is 10.1. The molecule has 4 rings (SSSR count). The van der Waals surface area contributed by atoms with E-state index in [1.165, 1.54) is 11.8 Å². The van der Waals surface area contributed by atoms with E-state index in [2.05, 4.69) is 15.5 Å². The molecule has 9 heteroatoms. The molecule has 3 aromatic rings. The Kier molecular flexibility index (Phi) is 5.94. The van der Waals surface area contributed by atoms with Crippen molar-refractivity contribution in [1.29, 1.82) is 0 Å². The molecule has 0 aliphatic carbocycles. The Balaban J connectivity index is 1.46. The zero-order valence-electron chi connectivity index (χ0n) is 17.5. The van der Waals surface area contributed by atoms with Gasteiger partial charge < -0.3 is 14.6 Å². The van der Waals surface area contributed by atoms with Gasteiger partial charge in [0.1, 0.15) is 5.75 Å². The van der Waals surface area contributed by atoms with Gasteiger partial charge in [-0.1, -0.05) is 42.1 Å². The number of nitrogens with zero attached hydrogens (tertiary/aromatic N) is 4. The summed E-state index contributed by atoms with van der Waals surface area (Å²) in [6.45, 7) is 3.84. The van der Waals surface area contributed by atoms with Crippen LogP contribution in [0.2, 0.25) is 0 Å². The molecule has 0 spiro atoms. The number of carbonyl (C=O) groups is 2. The first kappa shape index (κ1) is 20.9. The van der Waals surface area contributed by atoms with Gasteiger partial charge in [0, 0.05) is 12.7 Å². The van der Waals surface area contributed by atoms with E-state index in [9.17, 15) is 9.59 Å². The zero-order chi connectivity index (χ0) is 22.0. The standard InChI is InChI=1S/C22H23N5O3S/c1-14-8-4-5-9-16(14)23-19(28)13-31-22-25-24-21(26(22)3)15(2)27-17-10-6-7-11-18(17)30-12-20(27)29/h4-11,15H,12-13H2,1-3H3,(H,23,28)/t15-/m1/s1. The molecule has 0 saturated carbocycles. The smallest absolute Gasteiger partial charge is 0.265 e. The molecule has 2 amide bonds. The van der Waals surface area contributed by atoms with Crippen molar-refractivity contribution >= 4 is 35.0 Å². The number of hydrogen-bond donors (Lipinski definition) is 1. The van der Waals surface area contributed by atoms with Crippen molar-refractivity contribution in [2.45, 2.75) is 25.0 Å². The summed E-state index contributed by atoms with van der Waals surface area (Å²) < 4.78 is 7.35. The number of rotatable bonds is 6. The first-order valence-corrected chi connectivity index (χ1v) is 10.9. The van der Waals surface area contributed by atoms with Gasteiger partial charge >= 0.3 is 0 Å². The van der Waals surface area contributed by atoms with Gasteiger partial charge in [-0.25, -0.2) is 0 Å². The van der Waals surface area contributed by atoms with Crippen molar-refractivity contribution in [1.82, 2.24) is 14.8 Å². The zero-order valence-corrected chi connectivity index (χ0v) is 18.3. The molecule has 2 aromatic carbocycles. The summed E-state index contributed by atoms with van der Waals surface area (Å²) in [4.78, 5) is 26.6. The van der Waals surface area contributed by atoms with Crippen LogP contribution in [-0.4, -0.2) is 38.9 Å². The van der Waals surface area contributed by atoms with E-state index in [0.717, 1.165) is 11.3 Å². The number of fused-ring (bicyclic) bond motifs is 1. The molecular formula is C22H23N5O3S. The van der Waals surface area contributed by atoms with Gasteiger partial charge in [-0.15, -0.1) is 10.2 Å². The molecule has 8 nitrogen and oxygen atoms in total. The number of aromatic nitrogens is 3. The molecule has 0 unspecified atom stereocenters. The molecule has 160 valence electrons. The van der Waals surface area contributed by atoms with E-state index >= 15 is 0 Å². The fourth-order valence-corrected chi connectivity index (χ4v) is 4.22. The maximum atomic E-state index is 12.6. The Hall–Kier alpha value is -3.33. The maximum Gasteiger partial charge on any atom is 0.265 e.